The van der Waals surface area contributed by atoms with Crippen molar-refractivity contribution in [3.05, 3.63) is 82.1 Å². The summed E-state index contributed by atoms with van der Waals surface area (Å²) in [4.78, 5) is 18.4. The zero-order chi connectivity index (χ0) is 21.6. The van der Waals surface area contributed by atoms with Gasteiger partial charge in [-0.25, -0.2) is 4.98 Å². The topological polar surface area (TPSA) is 95.1 Å². The van der Waals surface area contributed by atoms with Gasteiger partial charge in [0.05, 0.1) is 33.6 Å². The number of hydrogen-bond donors (Lipinski definition) is 0. The van der Waals surface area contributed by atoms with Crippen molar-refractivity contribution >= 4 is 60.2 Å². The Kier molecular flexibility index (Phi) is 2.94. The first-order valence-corrected chi connectivity index (χ1v) is 9.99. The molecule has 0 aliphatic carbocycles. The highest BCUT2D eigenvalue weighted by atomic mass is 16.3. The molecule has 146 valence electrons. The number of nitriles is 2. The third kappa shape index (κ3) is 1.83. The quantitative estimate of drug-likeness (QED) is 0.252. The largest absolute Gasteiger partial charge is 0.455 e. The molecule has 3 heterocycles. The molecule has 7 aromatic rings. The van der Waals surface area contributed by atoms with Gasteiger partial charge >= 0.3 is 0 Å². The van der Waals surface area contributed by atoms with Gasteiger partial charge in [0.2, 0.25) is 0 Å². The van der Waals surface area contributed by atoms with Gasteiger partial charge in [0.25, 0.3) is 5.56 Å². The molecule has 0 aliphatic heterocycles. The van der Waals surface area contributed by atoms with Gasteiger partial charge in [-0.1, -0.05) is 30.3 Å². The highest BCUT2D eigenvalue weighted by Crippen LogP contribution is 2.42. The Hall–Kier alpha value is -4.94. The summed E-state index contributed by atoms with van der Waals surface area (Å²) in [5.41, 5.74) is 3.25. The average molecular weight is 410 g/mol. The minimum atomic E-state index is -0.251. The van der Waals surface area contributed by atoms with Crippen LogP contribution in [0.5, 0.6) is 0 Å². The Balaban J connectivity index is 1.94. The third-order valence-electron chi connectivity index (χ3n) is 6.20. The normalized spacial score (nSPS) is 11.8. The summed E-state index contributed by atoms with van der Waals surface area (Å²) < 4.78 is 7.73. The van der Waals surface area contributed by atoms with Gasteiger partial charge in [0.1, 0.15) is 17.3 Å². The molecule has 4 aromatic carbocycles. The summed E-state index contributed by atoms with van der Waals surface area (Å²) >= 11 is 0. The van der Waals surface area contributed by atoms with Gasteiger partial charge < -0.3 is 4.42 Å². The SMILES string of the molecule is N#Cc1cc2c(=O)n3c4ccccc4nc3c3cc(C#N)c4c5ccccc5oc1c4c23. The van der Waals surface area contributed by atoms with Gasteiger partial charge in [0, 0.05) is 26.9 Å². The van der Waals surface area contributed by atoms with Crippen LogP contribution in [-0.2, 0) is 0 Å². The lowest BCUT2D eigenvalue weighted by Gasteiger charge is -2.15. The molecule has 0 spiro atoms. The van der Waals surface area contributed by atoms with Crippen LogP contribution in [0.1, 0.15) is 11.1 Å². The summed E-state index contributed by atoms with van der Waals surface area (Å²) in [6, 6.07) is 22.7. The van der Waals surface area contributed by atoms with Crippen LogP contribution >= 0.6 is 0 Å². The van der Waals surface area contributed by atoms with Crippen LogP contribution < -0.4 is 5.56 Å². The second kappa shape index (κ2) is 5.60. The van der Waals surface area contributed by atoms with E-state index < -0.39 is 0 Å². The maximum atomic E-state index is 13.7. The number of aromatic nitrogens is 2. The van der Waals surface area contributed by atoms with E-state index in [4.69, 9.17) is 9.40 Å². The van der Waals surface area contributed by atoms with Crippen molar-refractivity contribution in [2.45, 2.75) is 0 Å². The minimum Gasteiger partial charge on any atom is -0.455 e. The maximum Gasteiger partial charge on any atom is 0.264 e. The number of fused-ring (bicyclic) bond motifs is 6. The van der Waals surface area contributed by atoms with E-state index in [9.17, 15) is 15.3 Å². The Morgan fingerprint density at radius 2 is 1.56 bits per heavy atom. The molecule has 0 atom stereocenters. The molecule has 0 radical (unpaired) electrons. The number of pyridine rings is 1. The molecule has 0 bridgehead atoms. The van der Waals surface area contributed by atoms with E-state index in [2.05, 4.69) is 12.1 Å². The summed E-state index contributed by atoms with van der Waals surface area (Å²) in [5, 5.41) is 23.8. The molecule has 7 rings (SSSR count). The van der Waals surface area contributed by atoms with Crippen molar-refractivity contribution in [1.29, 1.82) is 10.5 Å². The molecule has 6 heteroatoms. The highest BCUT2D eigenvalue weighted by molar-refractivity contribution is 6.30. The summed E-state index contributed by atoms with van der Waals surface area (Å²) in [7, 11) is 0. The second-order valence-corrected chi connectivity index (χ2v) is 7.78. The molecular weight excluding hydrogens is 400 g/mol. The smallest absolute Gasteiger partial charge is 0.264 e. The predicted octanol–water partition coefficient (Wildman–Crippen LogP) is 5.23. The third-order valence-corrected chi connectivity index (χ3v) is 6.20. The lowest BCUT2D eigenvalue weighted by atomic mass is 9.91. The van der Waals surface area contributed by atoms with Gasteiger partial charge in [-0.15, -0.1) is 0 Å². The van der Waals surface area contributed by atoms with Crippen molar-refractivity contribution in [3.8, 4) is 12.1 Å². The Morgan fingerprint density at radius 1 is 0.812 bits per heavy atom. The number of nitrogens with zero attached hydrogens (tertiary/aromatic N) is 4. The van der Waals surface area contributed by atoms with Crippen LogP contribution in [-0.4, -0.2) is 9.38 Å². The van der Waals surface area contributed by atoms with Crippen LogP contribution in [0, 0.1) is 22.7 Å². The molecular formula is C26H10N4O2. The fourth-order valence-corrected chi connectivity index (χ4v) is 4.91. The zero-order valence-corrected chi connectivity index (χ0v) is 16.4. The van der Waals surface area contributed by atoms with Crippen LogP contribution in [0.15, 0.2) is 69.9 Å². The van der Waals surface area contributed by atoms with Gasteiger partial charge in [-0.3, -0.25) is 9.20 Å². The van der Waals surface area contributed by atoms with E-state index in [1.54, 1.807) is 16.5 Å². The average Bonchev–Trinajstić information content (AvgIpc) is 3.23. The van der Waals surface area contributed by atoms with Crippen molar-refractivity contribution in [2.75, 3.05) is 0 Å². The van der Waals surface area contributed by atoms with Crippen molar-refractivity contribution < 1.29 is 4.42 Å². The molecule has 0 saturated heterocycles. The molecule has 0 saturated carbocycles. The van der Waals surface area contributed by atoms with E-state index in [-0.39, 0.29) is 11.1 Å². The Morgan fingerprint density at radius 3 is 2.41 bits per heavy atom. The number of para-hydroxylation sites is 3. The van der Waals surface area contributed by atoms with Crippen molar-refractivity contribution in [3.63, 3.8) is 0 Å². The first-order valence-electron chi connectivity index (χ1n) is 9.99. The Bertz CT molecular complexity index is 2080. The monoisotopic (exact) mass is 410 g/mol. The van der Waals surface area contributed by atoms with Crippen molar-refractivity contribution in [2.24, 2.45) is 0 Å². The summed E-state index contributed by atoms with van der Waals surface area (Å²) in [5.74, 6) is 0. The molecule has 0 unspecified atom stereocenters. The van der Waals surface area contributed by atoms with Gasteiger partial charge in [0.15, 0.2) is 5.58 Å². The molecule has 0 fully saturated rings. The molecule has 0 N–H and O–H groups in total. The van der Waals surface area contributed by atoms with Crippen molar-refractivity contribution in [1.82, 2.24) is 9.38 Å². The van der Waals surface area contributed by atoms with Gasteiger partial charge in [-0.05, 0) is 30.3 Å². The summed E-state index contributed by atoms with van der Waals surface area (Å²) in [6.07, 6.45) is 0. The van der Waals surface area contributed by atoms with Gasteiger partial charge in [-0.2, -0.15) is 10.5 Å². The van der Waals surface area contributed by atoms with Crippen LogP contribution in [0.2, 0.25) is 0 Å². The zero-order valence-electron chi connectivity index (χ0n) is 16.4. The number of hydrogen-bond acceptors (Lipinski definition) is 5. The first kappa shape index (κ1) is 16.8. The lowest BCUT2D eigenvalue weighted by Crippen LogP contribution is -2.14. The fourth-order valence-electron chi connectivity index (χ4n) is 4.91. The molecule has 3 aromatic heterocycles. The summed E-state index contributed by atoms with van der Waals surface area (Å²) in [6.45, 7) is 0. The van der Waals surface area contributed by atoms with Crippen LogP contribution in [0.3, 0.4) is 0 Å². The lowest BCUT2D eigenvalue weighted by molar-refractivity contribution is 0.661. The second-order valence-electron chi connectivity index (χ2n) is 7.78. The van der Waals surface area contributed by atoms with E-state index in [0.29, 0.717) is 60.3 Å². The number of imidazole rings is 1. The van der Waals surface area contributed by atoms with E-state index in [0.717, 1.165) is 5.39 Å². The van der Waals surface area contributed by atoms with E-state index in [1.807, 2.05) is 48.5 Å². The molecule has 32 heavy (non-hydrogen) atoms. The predicted molar refractivity (Wildman–Crippen MR) is 122 cm³/mol. The molecule has 0 aliphatic rings. The molecule has 0 amide bonds. The van der Waals surface area contributed by atoms with E-state index in [1.165, 1.54) is 0 Å². The molecule has 6 nitrogen and oxygen atoms in total. The standard InChI is InChI=1S/C26H10N4O2/c27-11-13-9-16-22-17(26(31)30-19-7-3-2-6-18(19)29-25(16)30)10-14(12-28)24-23(22)21(13)15-5-1-4-8-20(15)32-24/h1-10H. The number of benzene rings is 4. The maximum absolute atomic E-state index is 13.7. The first-order chi connectivity index (χ1) is 15.7. The highest BCUT2D eigenvalue weighted by Gasteiger charge is 2.24. The van der Waals surface area contributed by atoms with Crippen LogP contribution in [0.4, 0.5) is 0 Å². The number of rotatable bonds is 0. The van der Waals surface area contributed by atoms with E-state index >= 15 is 0 Å². The fraction of sp³-hybridized carbons (Fsp3) is 0. The minimum absolute atomic E-state index is 0.251. The van der Waals surface area contributed by atoms with Crippen LogP contribution in [0.25, 0.3) is 60.2 Å². The Labute approximate surface area is 179 Å².